The normalized spacial score (nSPS) is 15.1. The van der Waals surface area contributed by atoms with Gasteiger partial charge in [0, 0.05) is 5.33 Å². The summed E-state index contributed by atoms with van der Waals surface area (Å²) in [6.07, 6.45) is -1.10. The zero-order valence-corrected chi connectivity index (χ0v) is 11.1. The molecule has 2 unspecified atom stereocenters. The van der Waals surface area contributed by atoms with Gasteiger partial charge in [-0.1, -0.05) is 22.0 Å². The van der Waals surface area contributed by atoms with Crippen LogP contribution in [-0.4, -0.2) is 31.6 Å². The summed E-state index contributed by atoms with van der Waals surface area (Å²) in [7, 11) is 0. The van der Waals surface area contributed by atoms with E-state index in [1.54, 1.807) is 6.07 Å². The third-order valence-electron chi connectivity index (χ3n) is 2.74. The number of aliphatic hydroxyl groups excluding tert-OH is 2. The molecule has 5 heteroatoms. The molecule has 2 atom stereocenters. The Morgan fingerprint density at radius 3 is 2.88 bits per heavy atom. The molecule has 92 valence electrons. The molecule has 0 bridgehead atoms. The molecule has 0 spiro atoms. The van der Waals surface area contributed by atoms with Gasteiger partial charge in [-0.05, 0) is 31.0 Å². The van der Waals surface area contributed by atoms with Crippen molar-refractivity contribution in [3.63, 3.8) is 0 Å². The Balaban J connectivity index is 2.28. The molecule has 2 rings (SSSR count). The second kappa shape index (κ2) is 5.16. The van der Waals surface area contributed by atoms with E-state index >= 15 is 0 Å². The van der Waals surface area contributed by atoms with Crippen LogP contribution in [0, 0.1) is 6.92 Å². The first kappa shape index (κ1) is 12.5. The maximum absolute atomic E-state index is 9.98. The van der Waals surface area contributed by atoms with Gasteiger partial charge in [0.15, 0.2) is 0 Å². The molecule has 0 aliphatic rings. The SMILES string of the molecule is Cc1nc2ccc(C(O)C(O)CCBr)cc2[nH]1. The molecular weight excluding hydrogens is 284 g/mol. The lowest BCUT2D eigenvalue weighted by atomic mass is 10.0. The first-order valence-corrected chi connectivity index (χ1v) is 6.62. The maximum Gasteiger partial charge on any atom is 0.105 e. The summed E-state index contributed by atoms with van der Waals surface area (Å²) in [5, 5.41) is 20.4. The number of H-pyrrole nitrogens is 1. The van der Waals surface area contributed by atoms with Gasteiger partial charge in [-0.15, -0.1) is 0 Å². The summed E-state index contributed by atoms with van der Waals surface area (Å²) in [4.78, 5) is 7.40. The number of hydrogen-bond acceptors (Lipinski definition) is 3. The minimum atomic E-state index is -0.861. The second-order valence-electron chi connectivity index (χ2n) is 4.09. The quantitative estimate of drug-likeness (QED) is 0.757. The standard InChI is InChI=1S/C12H15BrN2O2/c1-7-14-9-3-2-8(6-10(9)15-7)12(17)11(16)4-5-13/h2-3,6,11-12,16-17H,4-5H2,1H3,(H,14,15). The molecule has 1 heterocycles. The highest BCUT2D eigenvalue weighted by Crippen LogP contribution is 2.23. The molecule has 0 saturated carbocycles. The average Bonchev–Trinajstić information content (AvgIpc) is 2.67. The molecule has 0 aliphatic carbocycles. The fraction of sp³-hybridized carbons (Fsp3) is 0.417. The van der Waals surface area contributed by atoms with Crippen LogP contribution in [-0.2, 0) is 0 Å². The van der Waals surface area contributed by atoms with Crippen molar-refractivity contribution in [3.05, 3.63) is 29.6 Å². The van der Waals surface area contributed by atoms with E-state index in [4.69, 9.17) is 0 Å². The third kappa shape index (κ3) is 2.68. The highest BCUT2D eigenvalue weighted by atomic mass is 79.9. The van der Waals surface area contributed by atoms with Gasteiger partial charge in [0.1, 0.15) is 11.9 Å². The minimum Gasteiger partial charge on any atom is -0.390 e. The van der Waals surface area contributed by atoms with Crippen LogP contribution < -0.4 is 0 Å². The molecule has 0 saturated heterocycles. The molecular formula is C12H15BrN2O2. The van der Waals surface area contributed by atoms with Gasteiger partial charge < -0.3 is 15.2 Å². The summed E-state index contributed by atoms with van der Waals surface area (Å²) in [6, 6.07) is 5.47. The third-order valence-corrected chi connectivity index (χ3v) is 3.19. The topological polar surface area (TPSA) is 69.1 Å². The van der Waals surface area contributed by atoms with Crippen LogP contribution in [0.3, 0.4) is 0 Å². The number of fused-ring (bicyclic) bond motifs is 1. The Morgan fingerprint density at radius 1 is 1.41 bits per heavy atom. The Labute approximate surface area is 108 Å². The summed E-state index contributed by atoms with van der Waals surface area (Å²) >= 11 is 3.25. The monoisotopic (exact) mass is 298 g/mol. The van der Waals surface area contributed by atoms with Crippen molar-refractivity contribution < 1.29 is 10.2 Å². The number of halogens is 1. The molecule has 0 fully saturated rings. The largest absolute Gasteiger partial charge is 0.390 e. The zero-order valence-electron chi connectivity index (χ0n) is 9.52. The number of alkyl halides is 1. The van der Waals surface area contributed by atoms with Gasteiger partial charge in [-0.2, -0.15) is 0 Å². The van der Waals surface area contributed by atoms with Crippen LogP contribution in [0.4, 0.5) is 0 Å². The van der Waals surface area contributed by atoms with E-state index in [0.717, 1.165) is 16.9 Å². The van der Waals surface area contributed by atoms with E-state index in [1.165, 1.54) is 0 Å². The van der Waals surface area contributed by atoms with Gasteiger partial charge in [0.2, 0.25) is 0 Å². The molecule has 17 heavy (non-hydrogen) atoms. The van der Waals surface area contributed by atoms with Crippen LogP contribution in [0.15, 0.2) is 18.2 Å². The molecule has 0 radical (unpaired) electrons. The lowest BCUT2D eigenvalue weighted by Crippen LogP contribution is -2.18. The number of aryl methyl sites for hydroxylation is 1. The van der Waals surface area contributed by atoms with Gasteiger partial charge in [0.25, 0.3) is 0 Å². The van der Waals surface area contributed by atoms with Gasteiger partial charge in [0.05, 0.1) is 17.1 Å². The molecule has 3 N–H and O–H groups in total. The lowest BCUT2D eigenvalue weighted by molar-refractivity contribution is 0.0174. The predicted octanol–water partition coefficient (Wildman–Crippen LogP) is 2.05. The summed E-state index contributed by atoms with van der Waals surface area (Å²) in [5.41, 5.74) is 2.45. The van der Waals surface area contributed by atoms with Crippen molar-refractivity contribution in [3.8, 4) is 0 Å². The maximum atomic E-state index is 9.98. The highest BCUT2D eigenvalue weighted by Gasteiger charge is 2.18. The van der Waals surface area contributed by atoms with E-state index in [9.17, 15) is 10.2 Å². The van der Waals surface area contributed by atoms with Crippen molar-refractivity contribution in [2.45, 2.75) is 25.6 Å². The van der Waals surface area contributed by atoms with Crippen LogP contribution in [0.2, 0.25) is 0 Å². The Bertz CT molecular complexity index is 512. The van der Waals surface area contributed by atoms with Crippen LogP contribution in [0.5, 0.6) is 0 Å². The first-order valence-electron chi connectivity index (χ1n) is 5.50. The number of hydrogen-bond donors (Lipinski definition) is 3. The van der Waals surface area contributed by atoms with Gasteiger partial charge in [-0.3, -0.25) is 0 Å². The van der Waals surface area contributed by atoms with Crippen molar-refractivity contribution in [1.29, 1.82) is 0 Å². The lowest BCUT2D eigenvalue weighted by Gasteiger charge is -2.17. The summed E-state index contributed by atoms with van der Waals surface area (Å²) in [6.45, 7) is 1.88. The van der Waals surface area contributed by atoms with E-state index in [2.05, 4.69) is 25.9 Å². The van der Waals surface area contributed by atoms with Crippen LogP contribution >= 0.6 is 15.9 Å². The number of rotatable bonds is 4. The molecule has 0 aliphatic heterocycles. The number of nitrogens with one attached hydrogen (secondary N) is 1. The zero-order chi connectivity index (χ0) is 12.4. The van der Waals surface area contributed by atoms with Gasteiger partial charge >= 0.3 is 0 Å². The number of aliphatic hydroxyl groups is 2. The first-order chi connectivity index (χ1) is 8.11. The average molecular weight is 299 g/mol. The molecule has 2 aromatic rings. The fourth-order valence-corrected chi connectivity index (χ4v) is 2.30. The Hall–Kier alpha value is -0.910. The van der Waals surface area contributed by atoms with E-state index < -0.39 is 12.2 Å². The smallest absolute Gasteiger partial charge is 0.105 e. The minimum absolute atomic E-state index is 0.515. The molecule has 1 aromatic carbocycles. The van der Waals surface area contributed by atoms with Crippen molar-refractivity contribution in [2.24, 2.45) is 0 Å². The summed E-state index contributed by atoms with van der Waals surface area (Å²) < 4.78 is 0. The van der Waals surface area contributed by atoms with Crippen molar-refractivity contribution in [2.75, 3.05) is 5.33 Å². The van der Waals surface area contributed by atoms with Gasteiger partial charge in [-0.25, -0.2) is 4.98 Å². The molecule has 4 nitrogen and oxygen atoms in total. The number of aromatic nitrogens is 2. The molecule has 0 amide bonds. The Morgan fingerprint density at radius 2 is 2.18 bits per heavy atom. The summed E-state index contributed by atoms with van der Waals surface area (Å²) in [5.74, 6) is 0.840. The van der Waals surface area contributed by atoms with Crippen molar-refractivity contribution >= 4 is 27.0 Å². The van der Waals surface area contributed by atoms with Crippen molar-refractivity contribution in [1.82, 2.24) is 9.97 Å². The Kier molecular flexibility index (Phi) is 3.81. The number of benzene rings is 1. The number of nitrogens with zero attached hydrogens (tertiary/aromatic N) is 1. The molecule has 1 aromatic heterocycles. The van der Waals surface area contributed by atoms with E-state index in [1.807, 2.05) is 19.1 Å². The van der Waals surface area contributed by atoms with E-state index in [0.29, 0.717) is 17.3 Å². The number of imidazole rings is 1. The predicted molar refractivity (Wildman–Crippen MR) is 70.2 cm³/mol. The second-order valence-corrected chi connectivity index (χ2v) is 4.88. The fourth-order valence-electron chi connectivity index (χ4n) is 1.83. The van der Waals surface area contributed by atoms with E-state index in [-0.39, 0.29) is 0 Å². The van der Waals surface area contributed by atoms with Crippen LogP contribution in [0.1, 0.15) is 23.9 Å². The number of aromatic amines is 1. The van der Waals surface area contributed by atoms with Crippen LogP contribution in [0.25, 0.3) is 11.0 Å². The highest BCUT2D eigenvalue weighted by molar-refractivity contribution is 9.09.